The van der Waals surface area contributed by atoms with E-state index in [0.29, 0.717) is 10.6 Å². The second-order valence-electron chi connectivity index (χ2n) is 2.41. The topological polar surface area (TPSA) is 71.8 Å². The number of halogens is 1. The predicted molar refractivity (Wildman–Crippen MR) is 57.0 cm³/mol. The average Bonchev–Trinajstić information content (AvgIpc) is 2.71. The summed E-state index contributed by atoms with van der Waals surface area (Å²) in [6.45, 7) is -0.194. The molecule has 0 aliphatic carbocycles. The molecule has 0 unspecified atom stereocenters. The van der Waals surface area contributed by atoms with Crippen molar-refractivity contribution in [1.82, 2.24) is 20.2 Å². The lowest BCUT2D eigenvalue weighted by Crippen LogP contribution is -1.95. The lowest BCUT2D eigenvalue weighted by molar-refractivity contribution is 0.277. The zero-order valence-electron chi connectivity index (χ0n) is 7.29. The lowest BCUT2D eigenvalue weighted by atomic mass is 10.4. The molecular formula is C7H5ClN4OS2. The van der Waals surface area contributed by atoms with Gasteiger partial charge in [0.25, 0.3) is 0 Å². The minimum atomic E-state index is -0.194. The maximum atomic E-state index is 9.12. The van der Waals surface area contributed by atoms with Crippen molar-refractivity contribution in [3.05, 3.63) is 22.6 Å². The molecule has 0 spiro atoms. The first-order chi connectivity index (χ1) is 7.31. The van der Waals surface area contributed by atoms with Crippen molar-refractivity contribution < 1.29 is 5.11 Å². The van der Waals surface area contributed by atoms with Gasteiger partial charge >= 0.3 is 0 Å². The van der Waals surface area contributed by atoms with Gasteiger partial charge in [-0.3, -0.25) is 0 Å². The van der Waals surface area contributed by atoms with Crippen LogP contribution in [0.25, 0.3) is 0 Å². The maximum absolute atomic E-state index is 9.12. The van der Waals surface area contributed by atoms with Crippen LogP contribution in [0.5, 0.6) is 0 Å². The molecule has 2 aromatic rings. The van der Waals surface area contributed by atoms with E-state index >= 15 is 0 Å². The van der Waals surface area contributed by atoms with Gasteiger partial charge in [0, 0.05) is 5.56 Å². The Hall–Kier alpha value is -0.760. The largest absolute Gasteiger partial charge is 0.391 e. The SMILES string of the molecule is OCc1c(Cl)ncnc1Sc1nncs1. The molecule has 0 fully saturated rings. The van der Waals surface area contributed by atoms with Gasteiger partial charge in [0.05, 0.1) is 6.61 Å². The van der Waals surface area contributed by atoms with E-state index in [1.165, 1.54) is 29.4 Å². The molecule has 0 aliphatic rings. The van der Waals surface area contributed by atoms with Crippen molar-refractivity contribution in [1.29, 1.82) is 0 Å². The smallest absolute Gasteiger partial charge is 0.180 e. The van der Waals surface area contributed by atoms with Crippen molar-refractivity contribution in [3.8, 4) is 0 Å². The minimum absolute atomic E-state index is 0.194. The first kappa shape index (κ1) is 10.7. The van der Waals surface area contributed by atoms with Crippen LogP contribution in [0, 0.1) is 0 Å². The number of aromatic nitrogens is 4. The fraction of sp³-hybridized carbons (Fsp3) is 0.143. The van der Waals surface area contributed by atoms with E-state index in [4.69, 9.17) is 16.7 Å². The monoisotopic (exact) mass is 260 g/mol. The maximum Gasteiger partial charge on any atom is 0.180 e. The third kappa shape index (κ3) is 2.43. The Labute approximate surface area is 98.6 Å². The first-order valence-corrected chi connectivity index (χ1v) is 5.93. The Morgan fingerprint density at radius 1 is 1.47 bits per heavy atom. The normalized spacial score (nSPS) is 10.5. The molecule has 0 atom stereocenters. The highest BCUT2D eigenvalue weighted by atomic mass is 35.5. The van der Waals surface area contributed by atoms with E-state index in [9.17, 15) is 0 Å². The number of rotatable bonds is 3. The van der Waals surface area contributed by atoms with Crippen molar-refractivity contribution >= 4 is 34.7 Å². The molecule has 0 saturated carbocycles. The Balaban J connectivity index is 2.32. The van der Waals surface area contributed by atoms with Gasteiger partial charge in [0.1, 0.15) is 22.0 Å². The molecule has 0 aromatic carbocycles. The summed E-state index contributed by atoms with van der Waals surface area (Å²) in [4.78, 5) is 7.82. The fourth-order valence-corrected chi connectivity index (χ4v) is 2.61. The highest BCUT2D eigenvalue weighted by molar-refractivity contribution is 8.01. The number of nitrogens with zero attached hydrogens (tertiary/aromatic N) is 4. The Morgan fingerprint density at radius 2 is 2.33 bits per heavy atom. The highest BCUT2D eigenvalue weighted by Gasteiger charge is 2.11. The fourth-order valence-electron chi connectivity index (χ4n) is 0.887. The summed E-state index contributed by atoms with van der Waals surface area (Å²) >= 11 is 8.52. The number of hydrogen-bond acceptors (Lipinski definition) is 7. The minimum Gasteiger partial charge on any atom is -0.391 e. The Kier molecular flexibility index (Phi) is 3.47. The Morgan fingerprint density at radius 3 is 3.00 bits per heavy atom. The molecule has 15 heavy (non-hydrogen) atoms. The highest BCUT2D eigenvalue weighted by Crippen LogP contribution is 2.31. The first-order valence-electron chi connectivity index (χ1n) is 3.85. The van der Waals surface area contributed by atoms with Crippen LogP contribution in [0.2, 0.25) is 5.15 Å². The van der Waals surface area contributed by atoms with Crippen LogP contribution in [0.3, 0.4) is 0 Å². The van der Waals surface area contributed by atoms with Crippen molar-refractivity contribution in [3.63, 3.8) is 0 Å². The van der Waals surface area contributed by atoms with E-state index in [-0.39, 0.29) is 11.8 Å². The van der Waals surface area contributed by atoms with Gasteiger partial charge in [-0.05, 0) is 11.8 Å². The van der Waals surface area contributed by atoms with Gasteiger partial charge in [0.15, 0.2) is 4.34 Å². The predicted octanol–water partition coefficient (Wildman–Crippen LogP) is 1.62. The van der Waals surface area contributed by atoms with Gasteiger partial charge in [-0.1, -0.05) is 22.9 Å². The molecule has 2 heterocycles. The number of aliphatic hydroxyl groups excluding tert-OH is 1. The van der Waals surface area contributed by atoms with Gasteiger partial charge in [-0.25, -0.2) is 9.97 Å². The van der Waals surface area contributed by atoms with E-state index in [0.717, 1.165) is 4.34 Å². The lowest BCUT2D eigenvalue weighted by Gasteiger charge is -2.03. The molecule has 8 heteroatoms. The van der Waals surface area contributed by atoms with Crippen LogP contribution >= 0.6 is 34.7 Å². The molecular weight excluding hydrogens is 256 g/mol. The second kappa shape index (κ2) is 4.84. The molecule has 5 nitrogen and oxygen atoms in total. The third-order valence-electron chi connectivity index (χ3n) is 1.54. The van der Waals surface area contributed by atoms with E-state index in [2.05, 4.69) is 20.2 Å². The summed E-state index contributed by atoms with van der Waals surface area (Å²) in [5.41, 5.74) is 2.14. The van der Waals surface area contributed by atoms with Gasteiger partial charge in [-0.15, -0.1) is 10.2 Å². The summed E-state index contributed by atoms with van der Waals surface area (Å²) < 4.78 is 0.750. The molecule has 0 radical (unpaired) electrons. The summed E-state index contributed by atoms with van der Waals surface area (Å²) in [6.07, 6.45) is 1.35. The zero-order valence-corrected chi connectivity index (χ0v) is 9.68. The summed E-state index contributed by atoms with van der Waals surface area (Å²) in [7, 11) is 0. The van der Waals surface area contributed by atoms with Crippen molar-refractivity contribution in [2.45, 2.75) is 16.0 Å². The zero-order chi connectivity index (χ0) is 10.7. The summed E-state index contributed by atoms with van der Waals surface area (Å²) in [6, 6.07) is 0. The molecule has 0 saturated heterocycles. The van der Waals surface area contributed by atoms with Gasteiger partial charge in [-0.2, -0.15) is 0 Å². The molecule has 2 rings (SSSR count). The van der Waals surface area contributed by atoms with Crippen molar-refractivity contribution in [2.75, 3.05) is 0 Å². The molecule has 0 bridgehead atoms. The number of hydrogen-bond donors (Lipinski definition) is 1. The molecule has 78 valence electrons. The van der Waals surface area contributed by atoms with Crippen LogP contribution in [0.4, 0.5) is 0 Å². The van der Waals surface area contributed by atoms with E-state index in [1.54, 1.807) is 5.51 Å². The van der Waals surface area contributed by atoms with Crippen LogP contribution in [-0.4, -0.2) is 25.3 Å². The van der Waals surface area contributed by atoms with Crippen LogP contribution < -0.4 is 0 Å². The molecule has 2 aromatic heterocycles. The van der Waals surface area contributed by atoms with E-state index < -0.39 is 0 Å². The van der Waals surface area contributed by atoms with Crippen molar-refractivity contribution in [2.24, 2.45) is 0 Å². The molecule has 0 aliphatic heterocycles. The van der Waals surface area contributed by atoms with Crippen LogP contribution in [-0.2, 0) is 6.61 Å². The summed E-state index contributed by atoms with van der Waals surface area (Å²) in [5.74, 6) is 0. The van der Waals surface area contributed by atoms with E-state index in [1.807, 2.05) is 0 Å². The van der Waals surface area contributed by atoms with Crippen LogP contribution in [0.15, 0.2) is 21.2 Å². The Bertz CT molecular complexity index is 450. The quantitative estimate of drug-likeness (QED) is 0.846. The number of aliphatic hydroxyl groups is 1. The van der Waals surface area contributed by atoms with Gasteiger partial charge in [0.2, 0.25) is 0 Å². The average molecular weight is 261 g/mol. The van der Waals surface area contributed by atoms with Crippen LogP contribution in [0.1, 0.15) is 5.56 Å². The third-order valence-corrected chi connectivity index (χ3v) is 3.68. The molecule has 1 N–H and O–H groups in total. The molecule has 0 amide bonds. The van der Waals surface area contributed by atoms with Gasteiger partial charge < -0.3 is 5.11 Å². The summed E-state index contributed by atoms with van der Waals surface area (Å²) in [5, 5.41) is 17.6. The standard InChI is InChI=1S/C7H5ClN4OS2/c8-5-4(1-13)6(10-2-9-5)15-7-12-11-3-14-7/h2-3,13H,1H2. The second-order valence-corrected chi connectivity index (χ2v) is 4.84.